The highest BCUT2D eigenvalue weighted by Crippen LogP contribution is 2.37. The zero-order valence-corrected chi connectivity index (χ0v) is 18.3. The van der Waals surface area contributed by atoms with E-state index in [1.807, 2.05) is 0 Å². The van der Waals surface area contributed by atoms with E-state index in [2.05, 4.69) is 45.3 Å². The van der Waals surface area contributed by atoms with Gasteiger partial charge in [-0.1, -0.05) is 30.3 Å². The highest BCUT2D eigenvalue weighted by Gasteiger charge is 2.24. The van der Waals surface area contributed by atoms with E-state index in [1.165, 1.54) is 23.1 Å². The predicted octanol–water partition coefficient (Wildman–Crippen LogP) is 4.28. The molecule has 1 aliphatic heterocycles. The second-order valence-electron chi connectivity index (χ2n) is 7.96. The summed E-state index contributed by atoms with van der Waals surface area (Å²) in [5, 5.41) is 15.6. The molecule has 32 heavy (non-hydrogen) atoms. The quantitative estimate of drug-likeness (QED) is 0.447. The number of phenolic OH excluding ortho intramolecular Hbond substituents is 1. The van der Waals surface area contributed by atoms with Crippen molar-refractivity contribution in [3.05, 3.63) is 70.9 Å². The molecule has 3 aromatic heterocycles. The molecule has 0 saturated heterocycles. The summed E-state index contributed by atoms with van der Waals surface area (Å²) in [7, 11) is 1.53. The first-order chi connectivity index (χ1) is 15.7. The minimum atomic E-state index is 0.0935. The van der Waals surface area contributed by atoms with Crippen molar-refractivity contribution in [3.8, 4) is 22.9 Å². The number of phenols is 1. The van der Waals surface area contributed by atoms with Crippen molar-refractivity contribution < 1.29 is 9.84 Å². The Morgan fingerprint density at radius 1 is 1.16 bits per heavy atom. The zero-order chi connectivity index (χ0) is 21.7. The van der Waals surface area contributed by atoms with Crippen LogP contribution in [0.5, 0.6) is 11.5 Å². The number of rotatable bonds is 4. The summed E-state index contributed by atoms with van der Waals surface area (Å²) in [4.78, 5) is 14.4. The lowest BCUT2D eigenvalue weighted by Gasteiger charge is -2.26. The van der Waals surface area contributed by atoms with Crippen LogP contribution in [0, 0.1) is 0 Å². The highest BCUT2D eigenvalue weighted by molar-refractivity contribution is 7.19. The highest BCUT2D eigenvalue weighted by atomic mass is 32.1. The molecule has 1 N–H and O–H groups in total. The first-order valence-corrected chi connectivity index (χ1v) is 11.3. The summed E-state index contributed by atoms with van der Waals surface area (Å²) in [6.45, 7) is 2.88. The smallest absolute Gasteiger partial charge is 0.182 e. The number of thiophene rings is 1. The molecular weight excluding hydrogens is 422 g/mol. The molecule has 0 bridgehead atoms. The zero-order valence-electron chi connectivity index (χ0n) is 17.5. The first-order valence-electron chi connectivity index (χ1n) is 10.5. The largest absolute Gasteiger partial charge is 0.504 e. The minimum Gasteiger partial charge on any atom is -0.504 e. The lowest BCUT2D eigenvalue weighted by molar-refractivity contribution is 0.249. The Morgan fingerprint density at radius 3 is 2.88 bits per heavy atom. The number of nitrogens with zero attached hydrogens (tertiary/aromatic N) is 5. The Morgan fingerprint density at radius 2 is 2.03 bits per heavy atom. The summed E-state index contributed by atoms with van der Waals surface area (Å²) in [5.74, 6) is 1.08. The van der Waals surface area contributed by atoms with E-state index in [0.29, 0.717) is 11.6 Å². The van der Waals surface area contributed by atoms with E-state index < -0.39 is 0 Å². The molecule has 8 heteroatoms. The second kappa shape index (κ2) is 7.58. The van der Waals surface area contributed by atoms with Crippen LogP contribution >= 0.6 is 11.3 Å². The monoisotopic (exact) mass is 443 g/mol. The van der Waals surface area contributed by atoms with Crippen molar-refractivity contribution in [2.24, 2.45) is 0 Å². The Hall–Kier alpha value is -3.49. The maximum absolute atomic E-state index is 9.90. The number of methoxy groups -OCH3 is 1. The van der Waals surface area contributed by atoms with Crippen molar-refractivity contribution >= 4 is 27.2 Å². The summed E-state index contributed by atoms with van der Waals surface area (Å²) >= 11 is 1.76. The van der Waals surface area contributed by atoms with Crippen LogP contribution in [0.2, 0.25) is 0 Å². The van der Waals surface area contributed by atoms with Crippen molar-refractivity contribution in [2.45, 2.75) is 19.5 Å². The maximum atomic E-state index is 9.90. The molecule has 0 unspecified atom stereocenters. The summed E-state index contributed by atoms with van der Waals surface area (Å²) in [6, 6.07) is 15.8. The van der Waals surface area contributed by atoms with Crippen LogP contribution in [0.3, 0.4) is 0 Å². The predicted molar refractivity (Wildman–Crippen MR) is 124 cm³/mol. The van der Waals surface area contributed by atoms with Gasteiger partial charge in [-0.2, -0.15) is 0 Å². The molecule has 0 radical (unpaired) electrons. The average Bonchev–Trinajstić information content (AvgIpc) is 3.40. The van der Waals surface area contributed by atoms with Crippen molar-refractivity contribution in [3.63, 3.8) is 0 Å². The normalized spacial score (nSPS) is 14.2. The number of ether oxygens (including phenoxy) is 1. The van der Waals surface area contributed by atoms with Crippen LogP contribution in [0.1, 0.15) is 16.0 Å². The number of benzene rings is 2. The molecule has 1 aliphatic rings. The molecule has 0 fully saturated rings. The fraction of sp³-hybridized carbons (Fsp3) is 0.208. The van der Waals surface area contributed by atoms with Gasteiger partial charge in [0.05, 0.1) is 12.5 Å². The minimum absolute atomic E-state index is 0.0935. The van der Waals surface area contributed by atoms with Gasteiger partial charge in [0.2, 0.25) is 0 Å². The van der Waals surface area contributed by atoms with Gasteiger partial charge in [0.1, 0.15) is 11.2 Å². The molecular formula is C24H21N5O2S. The van der Waals surface area contributed by atoms with E-state index in [9.17, 15) is 5.11 Å². The van der Waals surface area contributed by atoms with Gasteiger partial charge in [0.15, 0.2) is 23.0 Å². The summed E-state index contributed by atoms with van der Waals surface area (Å²) in [6.07, 6.45) is 2.70. The summed E-state index contributed by atoms with van der Waals surface area (Å²) < 4.78 is 6.99. The Kier molecular flexibility index (Phi) is 4.55. The Balaban J connectivity index is 1.38. The summed E-state index contributed by atoms with van der Waals surface area (Å²) in [5.41, 5.74) is 4.29. The van der Waals surface area contributed by atoms with Crippen molar-refractivity contribution in [1.29, 1.82) is 0 Å². The topological polar surface area (TPSA) is 75.8 Å². The number of aromatic nitrogens is 4. The first kappa shape index (κ1) is 19.2. The Labute approximate surface area is 188 Å². The van der Waals surface area contributed by atoms with Crippen LogP contribution < -0.4 is 4.74 Å². The molecule has 6 rings (SSSR count). The lowest BCUT2D eigenvalue weighted by Crippen LogP contribution is -2.29. The average molecular weight is 444 g/mol. The van der Waals surface area contributed by atoms with Gasteiger partial charge < -0.3 is 9.84 Å². The van der Waals surface area contributed by atoms with Gasteiger partial charge in [0.25, 0.3) is 0 Å². The van der Waals surface area contributed by atoms with Gasteiger partial charge in [0, 0.05) is 30.1 Å². The lowest BCUT2D eigenvalue weighted by atomic mass is 10.0. The van der Waals surface area contributed by atoms with Crippen LogP contribution in [0.15, 0.2) is 54.9 Å². The van der Waals surface area contributed by atoms with Crippen LogP contribution in [-0.4, -0.2) is 43.2 Å². The van der Waals surface area contributed by atoms with Gasteiger partial charge in [-0.3, -0.25) is 4.90 Å². The molecule has 5 aromatic rings. The third-order valence-electron chi connectivity index (χ3n) is 5.94. The van der Waals surface area contributed by atoms with Gasteiger partial charge >= 0.3 is 0 Å². The van der Waals surface area contributed by atoms with Gasteiger partial charge in [-0.15, -0.1) is 16.4 Å². The van der Waals surface area contributed by atoms with Crippen LogP contribution in [0.4, 0.5) is 0 Å². The van der Waals surface area contributed by atoms with Crippen LogP contribution in [-0.2, 0) is 19.5 Å². The molecule has 160 valence electrons. The SMILES string of the molecule is COc1cc(-c2nc3c4c5c(sc4ncn3n2)CN(Cc2ccccc2)CC5)ccc1O. The van der Waals surface area contributed by atoms with Crippen molar-refractivity contribution in [1.82, 2.24) is 24.5 Å². The molecule has 7 nitrogen and oxygen atoms in total. The molecule has 4 heterocycles. The number of fused-ring (bicyclic) bond motifs is 5. The van der Waals surface area contributed by atoms with Crippen molar-refractivity contribution in [2.75, 3.05) is 13.7 Å². The maximum Gasteiger partial charge on any atom is 0.182 e. The van der Waals surface area contributed by atoms with Gasteiger partial charge in [-0.25, -0.2) is 14.5 Å². The number of hydrogen-bond donors (Lipinski definition) is 1. The van der Waals surface area contributed by atoms with E-state index in [-0.39, 0.29) is 5.75 Å². The second-order valence-corrected chi connectivity index (χ2v) is 9.05. The molecule has 0 saturated carbocycles. The Bertz CT molecular complexity index is 1440. The van der Waals surface area contributed by atoms with E-state index >= 15 is 0 Å². The molecule has 0 aliphatic carbocycles. The van der Waals surface area contributed by atoms with E-state index in [1.54, 1.807) is 40.4 Å². The standard InChI is InChI=1S/C24H21N5O2S/c1-31-19-11-16(7-8-18(19)30)22-26-23-21-17-9-10-28(12-15-5-3-2-4-6-15)13-20(17)32-24(21)25-14-29(23)27-22/h2-8,11,14,30H,9-10,12-13H2,1H3. The van der Waals surface area contributed by atoms with E-state index in [0.717, 1.165) is 47.5 Å². The number of hydrogen-bond acceptors (Lipinski definition) is 7. The molecule has 2 aromatic carbocycles. The number of aromatic hydroxyl groups is 1. The van der Waals surface area contributed by atoms with Gasteiger partial charge in [-0.05, 0) is 35.7 Å². The fourth-order valence-electron chi connectivity index (χ4n) is 4.36. The third-order valence-corrected chi connectivity index (χ3v) is 7.07. The molecule has 0 atom stereocenters. The molecule has 0 amide bonds. The third kappa shape index (κ3) is 3.19. The molecule has 0 spiro atoms. The fourth-order valence-corrected chi connectivity index (χ4v) is 5.58. The van der Waals surface area contributed by atoms with Crippen LogP contribution in [0.25, 0.3) is 27.3 Å². The van der Waals surface area contributed by atoms with E-state index in [4.69, 9.17) is 9.72 Å².